The number of rotatable bonds is 10. The van der Waals surface area contributed by atoms with Crippen LogP contribution in [0.4, 0.5) is 0 Å². The number of hydrogen-bond acceptors (Lipinski definition) is 3. The van der Waals surface area contributed by atoms with Gasteiger partial charge in [-0.2, -0.15) is 0 Å². The molecule has 0 aliphatic rings. The molecule has 2 aromatic carbocycles. The molecule has 0 saturated carbocycles. The highest BCUT2D eigenvalue weighted by molar-refractivity contribution is 5.78. The molecule has 0 spiro atoms. The number of carbonyl (C=O) groups excluding carboxylic acids is 1. The van der Waals surface area contributed by atoms with Crippen LogP contribution in [0.1, 0.15) is 70.8 Å². The summed E-state index contributed by atoms with van der Waals surface area (Å²) in [6.07, 6.45) is 3.28. The SMILES string of the molecule is CCCCC(=O)N(CCC(C)C)C(C)c1nc2ccccc2c(=O)n1Cc1ccccc1. The zero-order chi connectivity index (χ0) is 23.1. The largest absolute Gasteiger partial charge is 0.333 e. The Morgan fingerprint density at radius 3 is 2.41 bits per heavy atom. The van der Waals surface area contributed by atoms with Gasteiger partial charge in [0.2, 0.25) is 5.91 Å². The van der Waals surface area contributed by atoms with Crippen molar-refractivity contribution in [3.8, 4) is 0 Å². The maximum Gasteiger partial charge on any atom is 0.261 e. The van der Waals surface area contributed by atoms with Gasteiger partial charge in [0, 0.05) is 13.0 Å². The Kier molecular flexibility index (Phi) is 8.20. The molecule has 5 nitrogen and oxygen atoms in total. The summed E-state index contributed by atoms with van der Waals surface area (Å²) in [6, 6.07) is 17.1. The van der Waals surface area contributed by atoms with E-state index in [9.17, 15) is 9.59 Å². The number of nitrogens with zero attached hydrogens (tertiary/aromatic N) is 3. The Bertz CT molecular complexity index is 1090. The van der Waals surface area contributed by atoms with Gasteiger partial charge < -0.3 is 4.90 Å². The van der Waals surface area contributed by atoms with Gasteiger partial charge in [0.15, 0.2) is 0 Å². The summed E-state index contributed by atoms with van der Waals surface area (Å²) in [6.45, 7) is 9.52. The average Bonchev–Trinajstić information content (AvgIpc) is 2.79. The molecule has 0 saturated heterocycles. The van der Waals surface area contributed by atoms with Gasteiger partial charge in [-0.1, -0.05) is 69.7 Å². The van der Waals surface area contributed by atoms with Gasteiger partial charge in [0.1, 0.15) is 5.82 Å². The molecule has 3 aromatic rings. The molecule has 0 aliphatic carbocycles. The summed E-state index contributed by atoms with van der Waals surface area (Å²) in [5.74, 6) is 1.26. The molecule has 32 heavy (non-hydrogen) atoms. The van der Waals surface area contributed by atoms with Crippen LogP contribution in [0.25, 0.3) is 10.9 Å². The zero-order valence-electron chi connectivity index (χ0n) is 19.8. The normalized spacial score (nSPS) is 12.3. The third-order valence-corrected chi connectivity index (χ3v) is 5.93. The van der Waals surface area contributed by atoms with E-state index < -0.39 is 0 Å². The van der Waals surface area contributed by atoms with Crippen LogP contribution in [0, 0.1) is 5.92 Å². The van der Waals surface area contributed by atoms with Gasteiger partial charge in [-0.3, -0.25) is 14.2 Å². The van der Waals surface area contributed by atoms with Crippen molar-refractivity contribution >= 4 is 16.8 Å². The van der Waals surface area contributed by atoms with E-state index in [1.807, 2.05) is 66.4 Å². The van der Waals surface area contributed by atoms with Crippen molar-refractivity contribution in [2.24, 2.45) is 5.92 Å². The molecule has 0 fully saturated rings. The molecular weight excluding hydrogens is 398 g/mol. The van der Waals surface area contributed by atoms with E-state index in [4.69, 9.17) is 4.98 Å². The fourth-order valence-electron chi connectivity index (χ4n) is 3.97. The standard InChI is InChI=1S/C27H35N3O2/c1-5-6-16-25(31)29(18-17-20(2)3)21(4)26-28-24-15-11-10-14-23(24)27(32)30(26)19-22-12-8-7-9-13-22/h7-15,20-21H,5-6,16-19H2,1-4H3. The van der Waals surface area contributed by atoms with E-state index in [-0.39, 0.29) is 17.5 Å². The first-order chi connectivity index (χ1) is 15.4. The van der Waals surface area contributed by atoms with E-state index in [0.717, 1.165) is 24.8 Å². The van der Waals surface area contributed by atoms with E-state index in [1.165, 1.54) is 0 Å². The van der Waals surface area contributed by atoms with Crippen molar-refractivity contribution in [1.82, 2.24) is 14.5 Å². The number of aromatic nitrogens is 2. The number of carbonyl (C=O) groups is 1. The molecule has 0 N–H and O–H groups in total. The van der Waals surface area contributed by atoms with E-state index in [1.54, 1.807) is 4.57 Å². The highest BCUT2D eigenvalue weighted by Crippen LogP contribution is 2.23. The Labute approximate surface area is 191 Å². The van der Waals surface area contributed by atoms with Gasteiger partial charge in [-0.25, -0.2) is 4.98 Å². The fourth-order valence-corrected chi connectivity index (χ4v) is 3.97. The molecular formula is C27H35N3O2. The maximum atomic E-state index is 13.5. The monoisotopic (exact) mass is 433 g/mol. The van der Waals surface area contributed by atoms with Crippen LogP contribution in [0.3, 0.4) is 0 Å². The number of amides is 1. The first-order valence-electron chi connectivity index (χ1n) is 11.7. The Balaban J connectivity index is 2.09. The van der Waals surface area contributed by atoms with E-state index >= 15 is 0 Å². The van der Waals surface area contributed by atoms with Crippen LogP contribution in [-0.4, -0.2) is 26.9 Å². The highest BCUT2D eigenvalue weighted by Gasteiger charge is 2.26. The minimum Gasteiger partial charge on any atom is -0.333 e. The predicted octanol–water partition coefficient (Wildman–Crippen LogP) is 5.57. The lowest BCUT2D eigenvalue weighted by atomic mass is 10.1. The Morgan fingerprint density at radius 2 is 1.72 bits per heavy atom. The number of benzene rings is 2. The van der Waals surface area contributed by atoms with Crippen molar-refractivity contribution in [2.75, 3.05) is 6.54 Å². The molecule has 5 heteroatoms. The van der Waals surface area contributed by atoms with Gasteiger partial charge >= 0.3 is 0 Å². The summed E-state index contributed by atoms with van der Waals surface area (Å²) in [4.78, 5) is 33.5. The second-order valence-electron chi connectivity index (χ2n) is 8.91. The molecule has 1 unspecified atom stereocenters. The number of para-hydroxylation sites is 1. The molecule has 1 heterocycles. The molecule has 0 bridgehead atoms. The summed E-state index contributed by atoms with van der Waals surface area (Å²) in [5, 5.41) is 0.602. The van der Waals surface area contributed by atoms with Crippen molar-refractivity contribution in [3.05, 3.63) is 76.3 Å². The molecule has 0 radical (unpaired) electrons. The lowest BCUT2D eigenvalue weighted by molar-refractivity contribution is -0.133. The maximum absolute atomic E-state index is 13.5. The summed E-state index contributed by atoms with van der Waals surface area (Å²) in [5.41, 5.74) is 1.64. The van der Waals surface area contributed by atoms with Gasteiger partial charge in [-0.15, -0.1) is 0 Å². The first kappa shape index (κ1) is 23.7. The van der Waals surface area contributed by atoms with Crippen molar-refractivity contribution in [3.63, 3.8) is 0 Å². The summed E-state index contributed by atoms with van der Waals surface area (Å²) >= 11 is 0. The molecule has 1 aromatic heterocycles. The van der Waals surface area contributed by atoms with Crippen LogP contribution in [0.2, 0.25) is 0 Å². The molecule has 1 amide bonds. The summed E-state index contributed by atoms with van der Waals surface area (Å²) in [7, 11) is 0. The van der Waals surface area contributed by atoms with Crippen LogP contribution >= 0.6 is 0 Å². The van der Waals surface area contributed by atoms with Crippen LogP contribution in [0.15, 0.2) is 59.4 Å². The highest BCUT2D eigenvalue weighted by atomic mass is 16.2. The lowest BCUT2D eigenvalue weighted by Crippen LogP contribution is -2.38. The zero-order valence-corrected chi connectivity index (χ0v) is 19.8. The van der Waals surface area contributed by atoms with Crippen LogP contribution in [0.5, 0.6) is 0 Å². The van der Waals surface area contributed by atoms with Crippen molar-refractivity contribution in [1.29, 1.82) is 0 Å². The second-order valence-corrected chi connectivity index (χ2v) is 8.91. The minimum absolute atomic E-state index is 0.0638. The number of fused-ring (bicyclic) bond motifs is 1. The second kappa shape index (κ2) is 11.1. The van der Waals surface area contributed by atoms with E-state index in [0.29, 0.717) is 42.2 Å². The minimum atomic E-state index is -0.292. The molecule has 3 rings (SSSR count). The van der Waals surface area contributed by atoms with Crippen molar-refractivity contribution < 1.29 is 4.79 Å². The number of hydrogen-bond donors (Lipinski definition) is 0. The smallest absolute Gasteiger partial charge is 0.261 e. The molecule has 170 valence electrons. The van der Waals surface area contributed by atoms with Gasteiger partial charge in [-0.05, 0) is 43.4 Å². The number of unbranched alkanes of at least 4 members (excludes halogenated alkanes) is 1. The summed E-state index contributed by atoms with van der Waals surface area (Å²) < 4.78 is 1.75. The van der Waals surface area contributed by atoms with Gasteiger partial charge in [0.05, 0.1) is 23.5 Å². The van der Waals surface area contributed by atoms with Crippen molar-refractivity contribution in [2.45, 2.75) is 66.0 Å². The average molecular weight is 434 g/mol. The predicted molar refractivity (Wildman–Crippen MR) is 131 cm³/mol. The third-order valence-electron chi connectivity index (χ3n) is 5.93. The van der Waals surface area contributed by atoms with Crippen LogP contribution < -0.4 is 5.56 Å². The topological polar surface area (TPSA) is 55.2 Å². The molecule has 0 aliphatic heterocycles. The van der Waals surface area contributed by atoms with E-state index in [2.05, 4.69) is 20.8 Å². The fraction of sp³-hybridized carbons (Fsp3) is 0.444. The Hall–Kier alpha value is -2.95. The van der Waals surface area contributed by atoms with Crippen LogP contribution in [-0.2, 0) is 11.3 Å². The quantitative estimate of drug-likeness (QED) is 0.420. The molecule has 1 atom stereocenters. The first-order valence-corrected chi connectivity index (χ1v) is 11.7. The Morgan fingerprint density at radius 1 is 1.03 bits per heavy atom. The lowest BCUT2D eigenvalue weighted by Gasteiger charge is -2.31. The van der Waals surface area contributed by atoms with Gasteiger partial charge in [0.25, 0.3) is 5.56 Å². The third kappa shape index (κ3) is 5.64.